The van der Waals surface area contributed by atoms with E-state index in [0.717, 1.165) is 36.3 Å². The second-order valence-corrected chi connectivity index (χ2v) is 5.17. The molecule has 1 unspecified atom stereocenters. The van der Waals surface area contributed by atoms with Crippen LogP contribution in [0.1, 0.15) is 35.7 Å². The van der Waals surface area contributed by atoms with Crippen molar-refractivity contribution in [3.63, 3.8) is 0 Å². The summed E-state index contributed by atoms with van der Waals surface area (Å²) in [6, 6.07) is 5.60. The van der Waals surface area contributed by atoms with Crippen molar-refractivity contribution < 1.29 is 4.79 Å². The minimum Gasteiger partial charge on any atom is -0.338 e. The summed E-state index contributed by atoms with van der Waals surface area (Å²) in [5.41, 5.74) is 5.17. The van der Waals surface area contributed by atoms with Crippen LogP contribution in [-0.4, -0.2) is 23.9 Å². The molecule has 0 radical (unpaired) electrons. The van der Waals surface area contributed by atoms with E-state index in [1.807, 2.05) is 30.0 Å². The lowest BCUT2D eigenvalue weighted by atomic mass is 9.98. The van der Waals surface area contributed by atoms with Crippen LogP contribution in [0.4, 0.5) is 5.69 Å². The number of hydrogen-bond acceptors (Lipinski definition) is 3. The van der Waals surface area contributed by atoms with Crippen LogP contribution in [0.2, 0.25) is 0 Å². The molecule has 0 aromatic heterocycles. The third kappa shape index (κ3) is 2.64. The number of anilines is 1. The van der Waals surface area contributed by atoms with Gasteiger partial charge in [0, 0.05) is 24.3 Å². The van der Waals surface area contributed by atoms with Crippen LogP contribution < -0.4 is 11.3 Å². The number of likely N-dealkylation sites (tertiary alicyclic amines) is 1. The molecule has 98 valence electrons. The van der Waals surface area contributed by atoms with E-state index in [1.54, 1.807) is 0 Å². The number of rotatable bonds is 2. The zero-order valence-corrected chi connectivity index (χ0v) is 11.1. The van der Waals surface area contributed by atoms with Gasteiger partial charge < -0.3 is 10.3 Å². The molecule has 1 saturated heterocycles. The Hall–Kier alpha value is -1.55. The molecule has 0 bridgehead atoms. The van der Waals surface area contributed by atoms with E-state index < -0.39 is 0 Å². The van der Waals surface area contributed by atoms with Gasteiger partial charge in [0.25, 0.3) is 5.91 Å². The quantitative estimate of drug-likeness (QED) is 0.622. The fraction of sp³-hybridized carbons (Fsp3) is 0.500. The van der Waals surface area contributed by atoms with Crippen LogP contribution >= 0.6 is 0 Å². The molecule has 1 aromatic rings. The Balaban J connectivity index is 2.17. The van der Waals surface area contributed by atoms with E-state index in [9.17, 15) is 4.79 Å². The maximum atomic E-state index is 12.4. The number of aryl methyl sites for hydroxylation is 1. The van der Waals surface area contributed by atoms with E-state index in [4.69, 9.17) is 5.84 Å². The highest BCUT2D eigenvalue weighted by Gasteiger charge is 2.22. The zero-order valence-electron chi connectivity index (χ0n) is 11.1. The molecular weight excluding hydrogens is 226 g/mol. The van der Waals surface area contributed by atoms with E-state index in [1.165, 1.54) is 6.42 Å². The minimum absolute atomic E-state index is 0.141. The van der Waals surface area contributed by atoms with Gasteiger partial charge in [0.2, 0.25) is 0 Å². The number of nitrogens with two attached hydrogens (primary N) is 1. The van der Waals surface area contributed by atoms with Gasteiger partial charge in [-0.05, 0) is 49.4 Å². The molecule has 4 heteroatoms. The van der Waals surface area contributed by atoms with Crippen LogP contribution in [0.5, 0.6) is 0 Å². The molecule has 18 heavy (non-hydrogen) atoms. The molecule has 1 amide bonds. The molecule has 1 aliphatic rings. The summed E-state index contributed by atoms with van der Waals surface area (Å²) in [4.78, 5) is 14.4. The van der Waals surface area contributed by atoms with Crippen molar-refractivity contribution in [1.29, 1.82) is 0 Å². The van der Waals surface area contributed by atoms with Crippen molar-refractivity contribution >= 4 is 11.6 Å². The second-order valence-electron chi connectivity index (χ2n) is 5.17. The number of hydrogen-bond donors (Lipinski definition) is 2. The van der Waals surface area contributed by atoms with Gasteiger partial charge in [0.05, 0.1) is 0 Å². The van der Waals surface area contributed by atoms with E-state index in [-0.39, 0.29) is 5.91 Å². The van der Waals surface area contributed by atoms with Crippen LogP contribution in [0.25, 0.3) is 0 Å². The fourth-order valence-corrected chi connectivity index (χ4v) is 2.54. The third-order valence-electron chi connectivity index (χ3n) is 3.57. The Bertz CT molecular complexity index is 445. The third-order valence-corrected chi connectivity index (χ3v) is 3.57. The van der Waals surface area contributed by atoms with Gasteiger partial charge in [-0.15, -0.1) is 0 Å². The van der Waals surface area contributed by atoms with Crippen molar-refractivity contribution in [1.82, 2.24) is 4.90 Å². The van der Waals surface area contributed by atoms with Crippen LogP contribution in [-0.2, 0) is 0 Å². The van der Waals surface area contributed by atoms with E-state index in [0.29, 0.717) is 5.92 Å². The molecule has 0 saturated carbocycles. The van der Waals surface area contributed by atoms with Crippen molar-refractivity contribution in [2.45, 2.75) is 26.7 Å². The number of piperidine rings is 1. The molecule has 1 heterocycles. The van der Waals surface area contributed by atoms with Gasteiger partial charge >= 0.3 is 0 Å². The molecule has 1 fully saturated rings. The Labute approximate surface area is 108 Å². The summed E-state index contributed by atoms with van der Waals surface area (Å²) in [6.07, 6.45) is 2.33. The average Bonchev–Trinajstić information content (AvgIpc) is 2.37. The average molecular weight is 247 g/mol. The summed E-state index contributed by atoms with van der Waals surface area (Å²) in [5.74, 6) is 6.11. The van der Waals surface area contributed by atoms with Gasteiger partial charge in [0.15, 0.2) is 0 Å². The van der Waals surface area contributed by atoms with E-state index >= 15 is 0 Å². The molecule has 4 nitrogen and oxygen atoms in total. The standard InChI is InChI=1S/C14H21N3O/c1-10-4-3-7-17(9-10)14(18)13-6-5-12(16-15)8-11(13)2/h5-6,8,10,16H,3-4,7,9,15H2,1-2H3. The number of benzene rings is 1. The second kappa shape index (κ2) is 5.40. The SMILES string of the molecule is Cc1cc(NN)ccc1C(=O)N1CCCC(C)C1. The first kappa shape index (κ1) is 12.9. The number of hydrazine groups is 1. The maximum absolute atomic E-state index is 12.4. The van der Waals surface area contributed by atoms with Gasteiger partial charge in [-0.25, -0.2) is 0 Å². The van der Waals surface area contributed by atoms with E-state index in [2.05, 4.69) is 12.3 Å². The summed E-state index contributed by atoms with van der Waals surface area (Å²) in [7, 11) is 0. The summed E-state index contributed by atoms with van der Waals surface area (Å²) in [6.45, 7) is 5.89. The van der Waals surface area contributed by atoms with Crippen LogP contribution in [0.3, 0.4) is 0 Å². The zero-order chi connectivity index (χ0) is 13.1. The number of nitrogen functional groups attached to an aromatic ring is 1. The topological polar surface area (TPSA) is 58.4 Å². The Morgan fingerprint density at radius 2 is 2.28 bits per heavy atom. The lowest BCUT2D eigenvalue weighted by Crippen LogP contribution is -2.39. The molecule has 1 atom stereocenters. The first-order chi connectivity index (χ1) is 8.61. The van der Waals surface area contributed by atoms with Crippen molar-refractivity contribution in [2.24, 2.45) is 11.8 Å². The predicted octanol–water partition coefficient (Wildman–Crippen LogP) is 2.15. The molecule has 1 aliphatic heterocycles. The highest BCUT2D eigenvalue weighted by molar-refractivity contribution is 5.96. The lowest BCUT2D eigenvalue weighted by molar-refractivity contribution is 0.0682. The Morgan fingerprint density at radius 1 is 1.50 bits per heavy atom. The normalized spacial score (nSPS) is 19.7. The monoisotopic (exact) mass is 247 g/mol. The number of nitrogens with one attached hydrogen (secondary N) is 1. The number of nitrogens with zero attached hydrogens (tertiary/aromatic N) is 1. The van der Waals surface area contributed by atoms with Crippen LogP contribution in [0.15, 0.2) is 18.2 Å². The molecule has 0 spiro atoms. The molecule has 0 aliphatic carbocycles. The van der Waals surface area contributed by atoms with Crippen molar-refractivity contribution in [3.8, 4) is 0 Å². The van der Waals surface area contributed by atoms with Gasteiger partial charge in [-0.1, -0.05) is 6.92 Å². The molecule has 3 N–H and O–H groups in total. The molecule has 1 aromatic carbocycles. The number of carbonyl (C=O) groups excluding carboxylic acids is 1. The Morgan fingerprint density at radius 3 is 2.89 bits per heavy atom. The minimum atomic E-state index is 0.141. The predicted molar refractivity (Wildman–Crippen MR) is 73.3 cm³/mol. The first-order valence-electron chi connectivity index (χ1n) is 6.48. The lowest BCUT2D eigenvalue weighted by Gasteiger charge is -2.31. The Kier molecular flexibility index (Phi) is 3.87. The van der Waals surface area contributed by atoms with Crippen molar-refractivity contribution in [2.75, 3.05) is 18.5 Å². The highest BCUT2D eigenvalue weighted by Crippen LogP contribution is 2.21. The van der Waals surface area contributed by atoms with Crippen molar-refractivity contribution in [3.05, 3.63) is 29.3 Å². The van der Waals surface area contributed by atoms with Gasteiger partial charge in [0.1, 0.15) is 0 Å². The summed E-state index contributed by atoms with van der Waals surface area (Å²) >= 11 is 0. The van der Waals surface area contributed by atoms with Crippen LogP contribution in [0, 0.1) is 12.8 Å². The fourth-order valence-electron chi connectivity index (χ4n) is 2.54. The number of amides is 1. The first-order valence-corrected chi connectivity index (χ1v) is 6.48. The largest absolute Gasteiger partial charge is 0.338 e. The molecular formula is C14H21N3O. The number of carbonyl (C=O) groups is 1. The summed E-state index contributed by atoms with van der Waals surface area (Å²) < 4.78 is 0. The highest BCUT2D eigenvalue weighted by atomic mass is 16.2. The van der Waals surface area contributed by atoms with Gasteiger partial charge in [-0.2, -0.15) is 0 Å². The maximum Gasteiger partial charge on any atom is 0.254 e. The smallest absolute Gasteiger partial charge is 0.254 e. The van der Waals surface area contributed by atoms with Gasteiger partial charge in [-0.3, -0.25) is 10.6 Å². The molecule has 2 rings (SSSR count). The summed E-state index contributed by atoms with van der Waals surface area (Å²) in [5, 5.41) is 0.